The molecule has 0 amide bonds. The van der Waals surface area contributed by atoms with Crippen LogP contribution in [0.1, 0.15) is 31.7 Å². The first-order valence-corrected chi connectivity index (χ1v) is 6.41. The molecule has 19 heavy (non-hydrogen) atoms. The summed E-state index contributed by atoms with van der Waals surface area (Å²) in [7, 11) is 0. The molecule has 1 unspecified atom stereocenters. The van der Waals surface area contributed by atoms with E-state index in [9.17, 15) is 18.7 Å². The molecule has 1 aromatic carbocycles. The Kier molecular flexibility index (Phi) is 3.85. The smallest absolute Gasteiger partial charge is 0.328 e. The molecule has 2 rings (SSSR count). The number of nitrogens with zero attached hydrogens (tertiary/aromatic N) is 1. The number of hydrogen-bond acceptors (Lipinski definition) is 2. The lowest BCUT2D eigenvalue weighted by Crippen LogP contribution is -2.52. The van der Waals surface area contributed by atoms with Gasteiger partial charge in [-0.25, -0.2) is 13.6 Å². The second-order valence-electron chi connectivity index (χ2n) is 5.02. The van der Waals surface area contributed by atoms with E-state index in [1.165, 1.54) is 13.0 Å². The van der Waals surface area contributed by atoms with Gasteiger partial charge in [0.25, 0.3) is 0 Å². The Labute approximate surface area is 110 Å². The number of halogens is 2. The monoisotopic (exact) mass is 269 g/mol. The van der Waals surface area contributed by atoms with Crippen LogP contribution in [-0.2, 0) is 10.3 Å². The van der Waals surface area contributed by atoms with Crippen LogP contribution in [0.15, 0.2) is 18.2 Å². The summed E-state index contributed by atoms with van der Waals surface area (Å²) in [5, 5.41) is 9.51. The second-order valence-corrected chi connectivity index (χ2v) is 5.02. The van der Waals surface area contributed by atoms with Gasteiger partial charge in [-0.15, -0.1) is 0 Å². The fourth-order valence-corrected chi connectivity index (χ4v) is 2.70. The Morgan fingerprint density at radius 1 is 1.21 bits per heavy atom. The number of piperidine rings is 1. The number of aliphatic carboxylic acids is 1. The second kappa shape index (κ2) is 5.25. The van der Waals surface area contributed by atoms with Gasteiger partial charge in [-0.3, -0.25) is 4.90 Å². The largest absolute Gasteiger partial charge is 0.480 e. The Bertz CT molecular complexity index is 466. The molecule has 0 bridgehead atoms. The van der Waals surface area contributed by atoms with Crippen LogP contribution in [-0.4, -0.2) is 29.1 Å². The summed E-state index contributed by atoms with van der Waals surface area (Å²) in [4.78, 5) is 13.3. The minimum absolute atomic E-state index is 0.371. The molecule has 1 aromatic rings. The van der Waals surface area contributed by atoms with Crippen molar-refractivity contribution in [3.05, 3.63) is 35.4 Å². The summed E-state index contributed by atoms with van der Waals surface area (Å²) >= 11 is 0. The van der Waals surface area contributed by atoms with Gasteiger partial charge in [0, 0.05) is 0 Å². The number of benzene rings is 1. The van der Waals surface area contributed by atoms with Crippen molar-refractivity contribution < 1.29 is 18.7 Å². The first-order valence-electron chi connectivity index (χ1n) is 6.41. The molecule has 3 nitrogen and oxygen atoms in total. The van der Waals surface area contributed by atoms with Gasteiger partial charge in [-0.1, -0.05) is 12.5 Å². The van der Waals surface area contributed by atoms with E-state index >= 15 is 0 Å². The van der Waals surface area contributed by atoms with Crippen molar-refractivity contribution in [2.75, 3.05) is 13.1 Å². The molecule has 5 heteroatoms. The van der Waals surface area contributed by atoms with Crippen molar-refractivity contribution in [1.29, 1.82) is 0 Å². The molecule has 104 valence electrons. The topological polar surface area (TPSA) is 40.5 Å². The summed E-state index contributed by atoms with van der Waals surface area (Å²) in [6.07, 6.45) is 2.71. The predicted octanol–water partition coefficient (Wildman–Crippen LogP) is 2.75. The number of carboxylic acid groups (broad SMARTS) is 1. The molecule has 1 atom stereocenters. The molecule has 0 aliphatic carbocycles. The molecule has 0 spiro atoms. The van der Waals surface area contributed by atoms with E-state index in [1.54, 1.807) is 4.90 Å². The summed E-state index contributed by atoms with van der Waals surface area (Å²) < 4.78 is 27.9. The van der Waals surface area contributed by atoms with Crippen molar-refractivity contribution in [3.8, 4) is 0 Å². The minimum Gasteiger partial charge on any atom is -0.480 e. The minimum atomic E-state index is -1.66. The predicted molar refractivity (Wildman–Crippen MR) is 66.8 cm³/mol. The first-order chi connectivity index (χ1) is 8.98. The fraction of sp³-hybridized carbons (Fsp3) is 0.500. The average Bonchev–Trinajstić information content (AvgIpc) is 2.39. The van der Waals surface area contributed by atoms with Crippen LogP contribution in [0.2, 0.25) is 0 Å². The zero-order valence-electron chi connectivity index (χ0n) is 10.8. The Morgan fingerprint density at radius 2 is 1.74 bits per heavy atom. The Hall–Kier alpha value is -1.49. The molecular formula is C14H17F2NO2. The van der Waals surface area contributed by atoms with Gasteiger partial charge in [0.2, 0.25) is 0 Å². The molecule has 0 radical (unpaired) electrons. The summed E-state index contributed by atoms with van der Waals surface area (Å²) in [6.45, 7) is 2.45. The number of carbonyl (C=O) groups is 1. The van der Waals surface area contributed by atoms with Crippen LogP contribution in [0.25, 0.3) is 0 Å². The standard InChI is InChI=1S/C14H17F2NO2/c1-14(13(18)19,17-8-3-2-4-9-17)12-10(15)6-5-7-11(12)16/h5-7H,2-4,8-9H2,1H3,(H,18,19). The van der Waals surface area contributed by atoms with Crippen molar-refractivity contribution in [2.45, 2.75) is 31.7 Å². The molecule has 1 aliphatic heterocycles. The normalized spacial score (nSPS) is 19.9. The zero-order chi connectivity index (χ0) is 14.0. The summed E-state index contributed by atoms with van der Waals surface area (Å²) in [6, 6.07) is 3.44. The highest BCUT2D eigenvalue weighted by atomic mass is 19.1. The van der Waals surface area contributed by atoms with Crippen LogP contribution in [0, 0.1) is 11.6 Å². The van der Waals surface area contributed by atoms with Gasteiger partial charge in [0.05, 0.1) is 5.56 Å². The van der Waals surface area contributed by atoms with Gasteiger partial charge in [-0.05, 0) is 45.0 Å². The van der Waals surface area contributed by atoms with E-state index in [2.05, 4.69) is 0 Å². The third-order valence-electron chi connectivity index (χ3n) is 3.85. The van der Waals surface area contributed by atoms with E-state index in [1.807, 2.05) is 0 Å². The van der Waals surface area contributed by atoms with Crippen molar-refractivity contribution >= 4 is 5.97 Å². The van der Waals surface area contributed by atoms with Gasteiger partial charge in [-0.2, -0.15) is 0 Å². The van der Waals surface area contributed by atoms with Crippen LogP contribution in [0.5, 0.6) is 0 Å². The van der Waals surface area contributed by atoms with Crippen LogP contribution >= 0.6 is 0 Å². The van der Waals surface area contributed by atoms with E-state index in [0.29, 0.717) is 13.1 Å². The number of likely N-dealkylation sites (tertiary alicyclic amines) is 1. The van der Waals surface area contributed by atoms with Gasteiger partial charge in [0.1, 0.15) is 17.2 Å². The quantitative estimate of drug-likeness (QED) is 0.917. The van der Waals surface area contributed by atoms with Crippen LogP contribution < -0.4 is 0 Å². The van der Waals surface area contributed by atoms with Crippen LogP contribution in [0.3, 0.4) is 0 Å². The van der Waals surface area contributed by atoms with Gasteiger partial charge >= 0.3 is 5.97 Å². The van der Waals surface area contributed by atoms with Gasteiger partial charge < -0.3 is 5.11 Å². The van der Waals surface area contributed by atoms with Crippen molar-refractivity contribution in [1.82, 2.24) is 4.90 Å². The molecule has 1 N–H and O–H groups in total. The molecule has 0 saturated carbocycles. The highest BCUT2D eigenvalue weighted by Gasteiger charge is 2.45. The number of rotatable bonds is 3. The first kappa shape index (κ1) is 13.9. The maximum Gasteiger partial charge on any atom is 0.328 e. The molecule has 1 aliphatic rings. The van der Waals surface area contributed by atoms with Crippen LogP contribution in [0.4, 0.5) is 8.78 Å². The van der Waals surface area contributed by atoms with E-state index in [4.69, 9.17) is 0 Å². The molecule has 1 fully saturated rings. The Balaban J connectivity index is 2.52. The number of carboxylic acids is 1. The van der Waals surface area contributed by atoms with Crippen molar-refractivity contribution in [2.24, 2.45) is 0 Å². The molecule has 1 saturated heterocycles. The SMILES string of the molecule is CC(C(=O)O)(c1c(F)cccc1F)N1CCCCC1. The van der Waals surface area contributed by atoms with E-state index < -0.39 is 23.1 Å². The van der Waals surface area contributed by atoms with Crippen molar-refractivity contribution in [3.63, 3.8) is 0 Å². The summed E-state index contributed by atoms with van der Waals surface area (Å²) in [5.41, 5.74) is -2.03. The summed E-state index contributed by atoms with van der Waals surface area (Å²) in [5.74, 6) is -2.84. The molecule has 0 aromatic heterocycles. The highest BCUT2D eigenvalue weighted by molar-refractivity contribution is 5.80. The van der Waals surface area contributed by atoms with E-state index in [-0.39, 0.29) is 5.56 Å². The maximum absolute atomic E-state index is 13.9. The third kappa shape index (κ3) is 2.34. The lowest BCUT2D eigenvalue weighted by atomic mass is 9.87. The maximum atomic E-state index is 13.9. The lowest BCUT2D eigenvalue weighted by molar-refractivity contribution is -0.152. The Morgan fingerprint density at radius 3 is 2.21 bits per heavy atom. The number of hydrogen-bond donors (Lipinski definition) is 1. The fourth-order valence-electron chi connectivity index (χ4n) is 2.70. The van der Waals surface area contributed by atoms with E-state index in [0.717, 1.165) is 31.4 Å². The van der Waals surface area contributed by atoms with Gasteiger partial charge in [0.15, 0.2) is 0 Å². The highest BCUT2D eigenvalue weighted by Crippen LogP contribution is 2.34. The lowest BCUT2D eigenvalue weighted by Gasteiger charge is -2.40. The average molecular weight is 269 g/mol. The molecule has 1 heterocycles. The third-order valence-corrected chi connectivity index (χ3v) is 3.85. The zero-order valence-corrected chi connectivity index (χ0v) is 10.8. The molecular weight excluding hydrogens is 252 g/mol.